The minimum absolute atomic E-state index is 0.0977. The second kappa shape index (κ2) is 7.69. The number of rotatable bonds is 3. The lowest BCUT2D eigenvalue weighted by molar-refractivity contribution is -0.118. The van der Waals surface area contributed by atoms with Crippen molar-refractivity contribution >= 4 is 23.2 Å². The topological polar surface area (TPSA) is 76.0 Å². The van der Waals surface area contributed by atoms with Crippen LogP contribution in [0.5, 0.6) is 0 Å². The van der Waals surface area contributed by atoms with Gasteiger partial charge in [-0.05, 0) is 54.2 Å². The molecule has 1 aromatic heterocycles. The Kier molecular flexibility index (Phi) is 4.92. The summed E-state index contributed by atoms with van der Waals surface area (Å²) in [5, 5.41) is 10.7. The van der Waals surface area contributed by atoms with E-state index in [9.17, 15) is 14.0 Å². The van der Waals surface area contributed by atoms with E-state index in [0.29, 0.717) is 35.5 Å². The van der Waals surface area contributed by atoms with Crippen molar-refractivity contribution in [1.82, 2.24) is 9.78 Å². The molecule has 168 valence electrons. The molecule has 1 amide bonds. The lowest BCUT2D eigenvalue weighted by atomic mass is 9.72. The molecule has 6 nitrogen and oxygen atoms in total. The highest BCUT2D eigenvalue weighted by Gasteiger charge is 2.42. The van der Waals surface area contributed by atoms with E-state index in [4.69, 9.17) is 0 Å². The van der Waals surface area contributed by atoms with Crippen LogP contribution in [0.15, 0.2) is 66.0 Å². The number of nitrogens with zero attached hydrogens (tertiary/aromatic N) is 2. The fraction of sp³-hybridized carbons (Fsp3) is 0.269. The number of aromatic nitrogens is 2. The van der Waals surface area contributed by atoms with Crippen LogP contribution in [0.4, 0.5) is 15.9 Å². The van der Waals surface area contributed by atoms with Crippen molar-refractivity contribution in [1.29, 1.82) is 0 Å². The molecule has 7 heteroatoms. The van der Waals surface area contributed by atoms with Crippen LogP contribution in [0.3, 0.4) is 0 Å². The van der Waals surface area contributed by atoms with E-state index < -0.39 is 6.04 Å². The summed E-state index contributed by atoms with van der Waals surface area (Å²) in [6.45, 7) is 6.17. The first kappa shape index (κ1) is 21.1. The van der Waals surface area contributed by atoms with Crippen molar-refractivity contribution in [3.63, 3.8) is 0 Å². The van der Waals surface area contributed by atoms with E-state index in [1.54, 1.807) is 4.68 Å². The molecule has 0 saturated carbocycles. The van der Waals surface area contributed by atoms with Gasteiger partial charge in [0.2, 0.25) is 0 Å². The SMILES string of the molecule is Cc1ccccc1C1C2=C(CC(C)(C)CC2=O)Nc2c(C(=O)Nc3ccc(F)cc3)cnn21. The molecule has 1 unspecified atom stereocenters. The van der Waals surface area contributed by atoms with Crippen LogP contribution in [-0.2, 0) is 4.79 Å². The lowest BCUT2D eigenvalue weighted by Gasteiger charge is -2.39. The number of carbonyl (C=O) groups is 2. The van der Waals surface area contributed by atoms with Crippen LogP contribution in [0.1, 0.15) is 54.2 Å². The Morgan fingerprint density at radius 3 is 2.61 bits per heavy atom. The average Bonchev–Trinajstić information content (AvgIpc) is 3.17. The third-order valence-corrected chi connectivity index (χ3v) is 6.33. The van der Waals surface area contributed by atoms with Crippen LogP contribution < -0.4 is 10.6 Å². The molecule has 5 rings (SSSR count). The Bertz CT molecular complexity index is 1300. The summed E-state index contributed by atoms with van der Waals surface area (Å²) in [5.74, 6) is -0.0837. The number of ketones is 1. The summed E-state index contributed by atoms with van der Waals surface area (Å²) >= 11 is 0. The van der Waals surface area contributed by atoms with Crippen molar-refractivity contribution in [2.75, 3.05) is 10.6 Å². The highest BCUT2D eigenvalue weighted by molar-refractivity contribution is 6.08. The smallest absolute Gasteiger partial charge is 0.261 e. The molecule has 0 spiro atoms. The zero-order valence-electron chi connectivity index (χ0n) is 18.8. The monoisotopic (exact) mass is 444 g/mol. The number of halogens is 1. The Morgan fingerprint density at radius 2 is 1.88 bits per heavy atom. The Balaban J connectivity index is 1.60. The normalized spacial score (nSPS) is 18.9. The van der Waals surface area contributed by atoms with E-state index in [1.807, 2.05) is 31.2 Å². The summed E-state index contributed by atoms with van der Waals surface area (Å²) in [7, 11) is 0. The van der Waals surface area contributed by atoms with Gasteiger partial charge in [-0.15, -0.1) is 0 Å². The van der Waals surface area contributed by atoms with Crippen molar-refractivity contribution in [3.8, 4) is 0 Å². The van der Waals surface area contributed by atoms with Gasteiger partial charge in [-0.1, -0.05) is 38.1 Å². The van der Waals surface area contributed by atoms with Gasteiger partial charge in [0.05, 0.1) is 6.20 Å². The average molecular weight is 445 g/mol. The molecular formula is C26H25FN4O2. The first-order valence-corrected chi connectivity index (χ1v) is 11.0. The number of aryl methyl sites for hydroxylation is 1. The fourth-order valence-corrected chi connectivity index (χ4v) is 4.79. The second-order valence-electron chi connectivity index (χ2n) is 9.53. The number of carbonyl (C=O) groups excluding carboxylic acids is 2. The first-order chi connectivity index (χ1) is 15.7. The molecular weight excluding hydrogens is 419 g/mol. The molecule has 0 fully saturated rings. The van der Waals surface area contributed by atoms with Gasteiger partial charge in [0.25, 0.3) is 5.91 Å². The quantitative estimate of drug-likeness (QED) is 0.579. The number of benzene rings is 2. The van der Waals surface area contributed by atoms with E-state index >= 15 is 0 Å². The van der Waals surface area contributed by atoms with Crippen LogP contribution in [-0.4, -0.2) is 21.5 Å². The summed E-state index contributed by atoms with van der Waals surface area (Å²) < 4.78 is 15.0. The summed E-state index contributed by atoms with van der Waals surface area (Å²) in [6.07, 6.45) is 2.67. The molecule has 2 N–H and O–H groups in total. The van der Waals surface area contributed by atoms with Crippen LogP contribution in [0.25, 0.3) is 0 Å². The first-order valence-electron chi connectivity index (χ1n) is 11.0. The second-order valence-corrected chi connectivity index (χ2v) is 9.53. The molecule has 0 radical (unpaired) electrons. The number of nitrogens with one attached hydrogen (secondary N) is 2. The summed E-state index contributed by atoms with van der Waals surface area (Å²) in [6, 6.07) is 13.1. The maximum atomic E-state index is 13.3. The molecule has 2 heterocycles. The largest absolute Gasteiger partial charge is 0.343 e. The highest BCUT2D eigenvalue weighted by atomic mass is 19.1. The molecule has 1 atom stereocenters. The predicted molar refractivity (Wildman–Crippen MR) is 125 cm³/mol. The Morgan fingerprint density at radius 1 is 1.15 bits per heavy atom. The van der Waals surface area contributed by atoms with Gasteiger partial charge < -0.3 is 10.6 Å². The fourth-order valence-electron chi connectivity index (χ4n) is 4.79. The van der Waals surface area contributed by atoms with Gasteiger partial charge in [0.1, 0.15) is 23.2 Å². The number of allylic oxidation sites excluding steroid dienone is 2. The molecule has 0 bridgehead atoms. The maximum Gasteiger partial charge on any atom is 0.261 e. The maximum absolute atomic E-state index is 13.3. The Labute approximate surface area is 191 Å². The van der Waals surface area contributed by atoms with Gasteiger partial charge >= 0.3 is 0 Å². The number of amides is 1. The molecule has 2 aliphatic rings. The molecule has 2 aromatic carbocycles. The van der Waals surface area contributed by atoms with Crippen LogP contribution in [0.2, 0.25) is 0 Å². The minimum atomic E-state index is -0.409. The Hall–Kier alpha value is -3.74. The van der Waals surface area contributed by atoms with E-state index in [0.717, 1.165) is 16.8 Å². The van der Waals surface area contributed by atoms with E-state index in [1.165, 1.54) is 30.5 Å². The van der Waals surface area contributed by atoms with Crippen molar-refractivity contribution in [3.05, 3.63) is 88.5 Å². The third kappa shape index (κ3) is 3.73. The van der Waals surface area contributed by atoms with Crippen molar-refractivity contribution in [2.24, 2.45) is 5.41 Å². The molecule has 1 aliphatic heterocycles. The van der Waals surface area contributed by atoms with Gasteiger partial charge in [-0.25, -0.2) is 9.07 Å². The minimum Gasteiger partial charge on any atom is -0.343 e. The zero-order chi connectivity index (χ0) is 23.3. The lowest BCUT2D eigenvalue weighted by Crippen LogP contribution is -2.37. The number of fused-ring (bicyclic) bond motifs is 1. The van der Waals surface area contributed by atoms with Crippen molar-refractivity contribution < 1.29 is 14.0 Å². The van der Waals surface area contributed by atoms with Gasteiger partial charge in [0, 0.05) is 23.4 Å². The predicted octanol–water partition coefficient (Wildman–Crippen LogP) is 5.24. The number of hydrogen-bond acceptors (Lipinski definition) is 4. The molecule has 3 aromatic rings. The van der Waals surface area contributed by atoms with Gasteiger partial charge in [-0.3, -0.25) is 9.59 Å². The highest BCUT2D eigenvalue weighted by Crippen LogP contribution is 2.46. The zero-order valence-corrected chi connectivity index (χ0v) is 18.8. The summed E-state index contributed by atoms with van der Waals surface area (Å²) in [4.78, 5) is 26.4. The number of Topliss-reactive ketones (excluding diaryl/α,β-unsaturated/α-hetero) is 1. The summed E-state index contributed by atoms with van der Waals surface area (Å²) in [5.41, 5.74) is 4.25. The standard InChI is InChI=1S/C26H25FN4O2/c1-15-6-4-5-7-18(15)23-22-20(12-26(2,3)13-21(22)32)30-24-19(14-28-31(23)24)25(33)29-17-10-8-16(27)9-11-17/h4-11,14,23,30H,12-13H2,1-3H3,(H,29,33). The number of hydrogen-bond donors (Lipinski definition) is 2. The third-order valence-electron chi connectivity index (χ3n) is 6.33. The van der Waals surface area contributed by atoms with Crippen LogP contribution in [0, 0.1) is 18.2 Å². The van der Waals surface area contributed by atoms with Gasteiger partial charge in [0.15, 0.2) is 5.78 Å². The van der Waals surface area contributed by atoms with E-state index in [-0.39, 0.29) is 22.9 Å². The molecule has 33 heavy (non-hydrogen) atoms. The van der Waals surface area contributed by atoms with E-state index in [2.05, 4.69) is 29.6 Å². The van der Waals surface area contributed by atoms with Gasteiger partial charge in [-0.2, -0.15) is 5.10 Å². The molecule has 0 saturated heterocycles. The van der Waals surface area contributed by atoms with Crippen LogP contribution >= 0.6 is 0 Å². The number of anilines is 2. The molecule has 1 aliphatic carbocycles. The van der Waals surface area contributed by atoms with Crippen molar-refractivity contribution in [2.45, 2.75) is 39.7 Å².